The number of ketones is 3. The second-order valence-corrected chi connectivity index (χ2v) is 17.0. The molecule has 0 bridgehead atoms. The maximum Gasteiger partial charge on any atom is 0.252 e. The Morgan fingerprint density at radius 1 is 1.05 bits per heavy atom. The van der Waals surface area contributed by atoms with E-state index in [0.717, 1.165) is 0 Å². The molecule has 0 spiro atoms. The number of nitrogens with one attached hydrogen (secondary N) is 2. The summed E-state index contributed by atoms with van der Waals surface area (Å²) in [6, 6.07) is 9.00. The molecule has 2 heterocycles. The third kappa shape index (κ3) is 8.34. The summed E-state index contributed by atoms with van der Waals surface area (Å²) in [6.07, 6.45) is -4.77. The standard InChI is InChI=1S/C45H47BrN4O14/c1-5-14-50(44(60)20(2)48-43(59)23-12-13-47-26-10-7-9-25(46)33(23)26)18-31(53)49-27-15-32(63-21(3)38(27)54)64-29-17-45(61,30(52)19-51)16-24-35(29)42(58)37-36(40(24)56)39(55)22-8-6-11-28(62-4)34(22)41(37)57/h6-13,20-21,27,29,32,38,51,54,56,58,61H,5,14-19H2,1-4H3,(H,48,59)(H,49,53)/t20-,21?,27?,29+,32?,38?,45+/m1/s1. The molecule has 1 saturated heterocycles. The molecular formula is C45H47BrN4O14. The van der Waals surface area contributed by atoms with Crippen LogP contribution in [0.15, 0.2) is 53.1 Å². The van der Waals surface area contributed by atoms with Crippen LogP contribution in [-0.2, 0) is 30.3 Å². The average Bonchev–Trinajstić information content (AvgIpc) is 3.27. The number of ether oxygens (including phenoxy) is 3. The van der Waals surface area contributed by atoms with Crippen LogP contribution in [0.1, 0.15) is 99.5 Å². The Balaban J connectivity index is 1.11. The molecule has 7 atom stereocenters. The van der Waals surface area contributed by atoms with Crippen molar-refractivity contribution in [1.29, 1.82) is 0 Å². The lowest BCUT2D eigenvalue weighted by molar-refractivity contribution is -0.249. The fourth-order valence-corrected chi connectivity index (χ4v) is 9.35. The summed E-state index contributed by atoms with van der Waals surface area (Å²) in [5.41, 5.74) is -3.42. The highest BCUT2D eigenvalue weighted by atomic mass is 79.9. The number of halogens is 1. The van der Waals surface area contributed by atoms with Gasteiger partial charge in [0.2, 0.25) is 17.6 Å². The predicted octanol–water partition coefficient (Wildman–Crippen LogP) is 2.53. The predicted molar refractivity (Wildman–Crippen MR) is 229 cm³/mol. The number of rotatable bonds is 13. The number of aromatic hydroxyl groups is 2. The van der Waals surface area contributed by atoms with Gasteiger partial charge in [0.1, 0.15) is 41.6 Å². The average molecular weight is 948 g/mol. The number of carbonyl (C=O) groups is 6. The molecule has 0 saturated carbocycles. The van der Waals surface area contributed by atoms with Crippen molar-refractivity contribution in [2.75, 3.05) is 26.8 Å². The van der Waals surface area contributed by atoms with Gasteiger partial charge in [-0.05, 0) is 44.5 Å². The summed E-state index contributed by atoms with van der Waals surface area (Å²) in [5, 5.41) is 62.2. The van der Waals surface area contributed by atoms with Crippen molar-refractivity contribution in [3.63, 3.8) is 0 Å². The van der Waals surface area contributed by atoms with Crippen LogP contribution in [0, 0.1) is 0 Å². The molecule has 2 aliphatic carbocycles. The number of fused-ring (bicyclic) bond motifs is 4. The SMILES string of the molecule is CCCN(CC(=O)NC1CC(O[C@H]2C[C@](O)(C(=O)CO)Cc3c(O)c4c(c(O)c32)C(=O)c2c(OC)cccc2C4=O)OC(C)C1O)C(=O)[C@@H](C)NC(=O)c1ccnc2cccc(Br)c12. The number of benzene rings is 3. The van der Waals surface area contributed by atoms with Gasteiger partial charge in [0, 0.05) is 58.6 Å². The zero-order valence-corrected chi connectivity index (χ0v) is 36.8. The minimum Gasteiger partial charge on any atom is -0.507 e. The fourth-order valence-electron chi connectivity index (χ4n) is 8.78. The Morgan fingerprint density at radius 2 is 1.77 bits per heavy atom. The number of aliphatic hydroxyl groups excluding tert-OH is 2. The van der Waals surface area contributed by atoms with Crippen LogP contribution < -0.4 is 15.4 Å². The van der Waals surface area contributed by atoms with Gasteiger partial charge in [-0.1, -0.05) is 41.1 Å². The van der Waals surface area contributed by atoms with E-state index in [1.54, 1.807) is 18.2 Å². The second kappa shape index (κ2) is 18.3. The third-order valence-corrected chi connectivity index (χ3v) is 12.6. The number of methoxy groups -OCH3 is 1. The number of phenols is 2. The van der Waals surface area contributed by atoms with Crippen molar-refractivity contribution in [2.24, 2.45) is 0 Å². The second-order valence-electron chi connectivity index (χ2n) is 16.1. The van der Waals surface area contributed by atoms with Gasteiger partial charge in [-0.3, -0.25) is 33.8 Å². The smallest absolute Gasteiger partial charge is 0.252 e. The Kier molecular flexibility index (Phi) is 13.2. The van der Waals surface area contributed by atoms with Crippen LogP contribution >= 0.6 is 15.9 Å². The van der Waals surface area contributed by atoms with E-state index in [0.29, 0.717) is 27.4 Å². The Labute approximate surface area is 374 Å². The van der Waals surface area contributed by atoms with E-state index in [9.17, 15) is 54.3 Å². The van der Waals surface area contributed by atoms with E-state index in [1.165, 1.54) is 56.3 Å². The van der Waals surface area contributed by atoms with Crippen molar-refractivity contribution < 1.29 is 68.5 Å². The first-order valence-corrected chi connectivity index (χ1v) is 21.4. The molecule has 3 aromatic carbocycles. The lowest BCUT2D eigenvalue weighted by Gasteiger charge is -2.43. The Hall–Kier alpha value is -5.83. The molecule has 18 nitrogen and oxygen atoms in total. The van der Waals surface area contributed by atoms with Gasteiger partial charge in [0.15, 0.2) is 17.9 Å². The number of aromatic nitrogens is 1. The molecule has 64 heavy (non-hydrogen) atoms. The van der Waals surface area contributed by atoms with Gasteiger partial charge in [-0.2, -0.15) is 0 Å². The van der Waals surface area contributed by atoms with Gasteiger partial charge < -0.3 is 55.3 Å². The number of aliphatic hydroxyl groups is 3. The summed E-state index contributed by atoms with van der Waals surface area (Å²) in [5.74, 6) is -5.98. The topological polar surface area (TPSA) is 271 Å². The molecule has 0 radical (unpaired) electrons. The van der Waals surface area contributed by atoms with E-state index < -0.39 is 126 Å². The van der Waals surface area contributed by atoms with Gasteiger partial charge in [0.25, 0.3) is 5.91 Å². The van der Waals surface area contributed by atoms with E-state index >= 15 is 0 Å². The van der Waals surface area contributed by atoms with E-state index in [1.807, 2.05) is 6.92 Å². The zero-order chi connectivity index (χ0) is 46.4. The molecule has 1 aliphatic heterocycles. The van der Waals surface area contributed by atoms with Gasteiger partial charge >= 0.3 is 0 Å². The fraction of sp³-hybridized carbons (Fsp3) is 0.400. The van der Waals surface area contributed by atoms with Crippen LogP contribution in [-0.4, -0.2) is 133 Å². The summed E-state index contributed by atoms with van der Waals surface area (Å²) >= 11 is 3.46. The number of amides is 3. The van der Waals surface area contributed by atoms with Crippen molar-refractivity contribution in [3.05, 3.63) is 92.1 Å². The molecule has 4 unspecified atom stereocenters. The molecule has 4 aromatic rings. The van der Waals surface area contributed by atoms with Crippen LogP contribution in [0.25, 0.3) is 10.9 Å². The molecule has 3 aliphatic rings. The largest absolute Gasteiger partial charge is 0.507 e. The summed E-state index contributed by atoms with van der Waals surface area (Å²) in [7, 11) is 1.29. The number of Topliss-reactive ketones (excluding diaryl/α,β-unsaturated/α-hetero) is 1. The Bertz CT molecular complexity index is 2580. The number of hydrogen-bond acceptors (Lipinski definition) is 15. The minimum absolute atomic E-state index is 0.0388. The molecule has 7 rings (SSSR count). The normalized spacial score (nSPS) is 23.0. The van der Waals surface area contributed by atoms with E-state index in [2.05, 4.69) is 31.5 Å². The zero-order valence-electron chi connectivity index (χ0n) is 35.2. The minimum atomic E-state index is -2.39. The molecule has 7 N–H and O–H groups in total. The monoisotopic (exact) mass is 946 g/mol. The molecule has 3 amide bonds. The van der Waals surface area contributed by atoms with Crippen LogP contribution in [0.2, 0.25) is 0 Å². The number of pyridine rings is 1. The Morgan fingerprint density at radius 3 is 2.47 bits per heavy atom. The molecular weight excluding hydrogens is 900 g/mol. The van der Waals surface area contributed by atoms with Gasteiger partial charge in [-0.25, -0.2) is 0 Å². The lowest BCUT2D eigenvalue weighted by atomic mass is 9.72. The quantitative estimate of drug-likeness (QED) is 0.0836. The first kappa shape index (κ1) is 46.2. The van der Waals surface area contributed by atoms with E-state index in [4.69, 9.17) is 14.2 Å². The molecule has 1 fully saturated rings. The first-order chi connectivity index (χ1) is 30.4. The highest BCUT2D eigenvalue weighted by Crippen LogP contribution is 2.52. The van der Waals surface area contributed by atoms with Crippen molar-refractivity contribution in [3.8, 4) is 17.2 Å². The van der Waals surface area contributed by atoms with Crippen LogP contribution in [0.4, 0.5) is 0 Å². The number of phenolic OH excluding ortho intramolecular Hbond substituents is 2. The highest BCUT2D eigenvalue weighted by molar-refractivity contribution is 9.10. The number of hydrogen-bond donors (Lipinski definition) is 7. The first-order valence-electron chi connectivity index (χ1n) is 20.6. The lowest BCUT2D eigenvalue weighted by Crippen LogP contribution is -2.57. The molecule has 1 aromatic heterocycles. The van der Waals surface area contributed by atoms with Crippen molar-refractivity contribution in [1.82, 2.24) is 20.5 Å². The van der Waals surface area contributed by atoms with Crippen molar-refractivity contribution >= 4 is 61.9 Å². The van der Waals surface area contributed by atoms with Gasteiger partial charge in [0.05, 0.1) is 59.7 Å². The third-order valence-electron chi connectivity index (χ3n) is 11.9. The van der Waals surface area contributed by atoms with Crippen molar-refractivity contribution in [2.45, 2.75) is 88.7 Å². The summed E-state index contributed by atoms with van der Waals surface area (Å²) in [6.45, 7) is 3.39. The van der Waals surface area contributed by atoms with E-state index in [-0.39, 0.29) is 41.0 Å². The van der Waals surface area contributed by atoms with Gasteiger partial charge in [-0.15, -0.1) is 0 Å². The summed E-state index contributed by atoms with van der Waals surface area (Å²) < 4.78 is 18.2. The van der Waals surface area contributed by atoms with Crippen LogP contribution in [0.3, 0.4) is 0 Å². The number of carbonyl (C=O) groups excluding carboxylic acids is 6. The highest BCUT2D eigenvalue weighted by Gasteiger charge is 2.50. The maximum atomic E-state index is 14.0. The number of nitrogens with zero attached hydrogens (tertiary/aromatic N) is 2. The summed E-state index contributed by atoms with van der Waals surface area (Å²) in [4.78, 5) is 87.3. The van der Waals surface area contributed by atoms with Crippen LogP contribution in [0.5, 0.6) is 17.2 Å². The molecule has 338 valence electrons. The molecule has 19 heteroatoms. The maximum absolute atomic E-state index is 14.0.